The lowest BCUT2D eigenvalue weighted by atomic mass is 10.1. The normalized spacial score (nSPS) is 16.2. The van der Waals surface area contributed by atoms with Crippen molar-refractivity contribution in [3.63, 3.8) is 0 Å². The molecule has 1 aliphatic rings. The average Bonchev–Trinajstić information content (AvgIpc) is 3.14. The van der Waals surface area contributed by atoms with E-state index in [4.69, 9.17) is 5.73 Å². The summed E-state index contributed by atoms with van der Waals surface area (Å²) in [6.07, 6.45) is 2.17. The third-order valence-corrected chi connectivity index (χ3v) is 3.73. The Labute approximate surface area is 111 Å². The molecule has 0 radical (unpaired) electrons. The van der Waals surface area contributed by atoms with Gasteiger partial charge in [-0.25, -0.2) is 8.78 Å². The zero-order valence-electron chi connectivity index (χ0n) is 11.0. The summed E-state index contributed by atoms with van der Waals surface area (Å²) in [5.41, 5.74) is 6.24. The minimum absolute atomic E-state index is 0.0777. The van der Waals surface area contributed by atoms with Crippen molar-refractivity contribution >= 4 is 5.91 Å². The van der Waals surface area contributed by atoms with Gasteiger partial charge in [0.05, 0.1) is 6.42 Å². The van der Waals surface area contributed by atoms with Crippen LogP contribution in [0.25, 0.3) is 0 Å². The van der Waals surface area contributed by atoms with Gasteiger partial charge in [-0.15, -0.1) is 0 Å². The molecule has 1 aliphatic carbocycles. The number of rotatable bonds is 5. The van der Waals surface area contributed by atoms with Crippen LogP contribution in [0.15, 0.2) is 18.2 Å². The van der Waals surface area contributed by atoms with Gasteiger partial charge in [0.1, 0.15) is 0 Å². The quantitative estimate of drug-likeness (QED) is 0.883. The molecule has 104 valence electrons. The predicted molar refractivity (Wildman–Crippen MR) is 68.4 cm³/mol. The number of hydrogen-bond donors (Lipinski definition) is 1. The molecular formula is C14H18F2N2O. The van der Waals surface area contributed by atoms with Gasteiger partial charge in [-0.1, -0.05) is 6.07 Å². The van der Waals surface area contributed by atoms with Crippen LogP contribution in [0.5, 0.6) is 0 Å². The highest BCUT2D eigenvalue weighted by Crippen LogP contribution is 2.44. The number of carbonyl (C=O) groups excluding carboxylic acids is 1. The highest BCUT2D eigenvalue weighted by Gasteiger charge is 2.42. The standard InChI is InChI=1S/C14H18F2N2O/c1-18(9-14(8-17)4-5-14)13(19)7-10-2-3-11(15)12(16)6-10/h2-3,6H,4-5,7-9,17H2,1H3. The van der Waals surface area contributed by atoms with E-state index in [-0.39, 0.29) is 17.7 Å². The third-order valence-electron chi connectivity index (χ3n) is 3.73. The van der Waals surface area contributed by atoms with Crippen LogP contribution in [-0.2, 0) is 11.2 Å². The average molecular weight is 268 g/mol. The Kier molecular flexibility index (Phi) is 3.85. The van der Waals surface area contributed by atoms with Gasteiger partial charge in [0.15, 0.2) is 11.6 Å². The van der Waals surface area contributed by atoms with Gasteiger partial charge in [-0.05, 0) is 37.1 Å². The van der Waals surface area contributed by atoms with Gasteiger partial charge in [0.2, 0.25) is 5.91 Å². The highest BCUT2D eigenvalue weighted by molar-refractivity contribution is 5.78. The van der Waals surface area contributed by atoms with E-state index in [2.05, 4.69) is 0 Å². The summed E-state index contributed by atoms with van der Waals surface area (Å²) in [5, 5.41) is 0. The minimum Gasteiger partial charge on any atom is -0.345 e. The summed E-state index contributed by atoms with van der Waals surface area (Å²) in [6.45, 7) is 1.21. The van der Waals surface area contributed by atoms with Crippen LogP contribution in [-0.4, -0.2) is 30.9 Å². The van der Waals surface area contributed by atoms with E-state index < -0.39 is 11.6 Å². The largest absolute Gasteiger partial charge is 0.345 e. The Bertz CT molecular complexity index is 486. The fourth-order valence-electron chi connectivity index (χ4n) is 2.15. The summed E-state index contributed by atoms with van der Waals surface area (Å²) in [7, 11) is 1.72. The molecule has 0 unspecified atom stereocenters. The number of nitrogens with two attached hydrogens (primary N) is 1. The molecule has 0 bridgehead atoms. The Morgan fingerprint density at radius 1 is 1.37 bits per heavy atom. The van der Waals surface area contributed by atoms with E-state index in [0.717, 1.165) is 25.0 Å². The summed E-state index contributed by atoms with van der Waals surface area (Å²) in [5.74, 6) is -1.93. The van der Waals surface area contributed by atoms with Crippen LogP contribution in [0.1, 0.15) is 18.4 Å². The van der Waals surface area contributed by atoms with Gasteiger partial charge in [0, 0.05) is 19.0 Å². The number of benzene rings is 1. The molecule has 1 aromatic rings. The van der Waals surface area contributed by atoms with E-state index in [1.54, 1.807) is 11.9 Å². The van der Waals surface area contributed by atoms with Crippen LogP contribution in [0.2, 0.25) is 0 Å². The van der Waals surface area contributed by atoms with Crippen LogP contribution in [0.4, 0.5) is 8.78 Å². The van der Waals surface area contributed by atoms with Crippen molar-refractivity contribution in [1.82, 2.24) is 4.90 Å². The second-order valence-corrected chi connectivity index (χ2v) is 5.38. The summed E-state index contributed by atoms with van der Waals surface area (Å²) >= 11 is 0. The first-order chi connectivity index (χ1) is 8.96. The molecule has 0 atom stereocenters. The zero-order chi connectivity index (χ0) is 14.0. The van der Waals surface area contributed by atoms with Crippen molar-refractivity contribution < 1.29 is 13.6 Å². The number of likely N-dealkylation sites (N-methyl/N-ethyl adjacent to an activating group) is 1. The maximum absolute atomic E-state index is 13.1. The molecule has 2 N–H and O–H groups in total. The second kappa shape index (κ2) is 5.25. The molecule has 0 spiro atoms. The molecule has 1 aromatic carbocycles. The molecule has 0 saturated heterocycles. The summed E-state index contributed by atoms with van der Waals surface area (Å²) < 4.78 is 25.8. The van der Waals surface area contributed by atoms with Crippen molar-refractivity contribution in [2.45, 2.75) is 19.3 Å². The first-order valence-corrected chi connectivity index (χ1v) is 6.34. The van der Waals surface area contributed by atoms with Crippen molar-refractivity contribution in [1.29, 1.82) is 0 Å². The number of carbonyl (C=O) groups is 1. The SMILES string of the molecule is CN(CC1(CN)CC1)C(=O)Cc1ccc(F)c(F)c1. The molecule has 19 heavy (non-hydrogen) atoms. The maximum Gasteiger partial charge on any atom is 0.226 e. The van der Waals surface area contributed by atoms with Crippen LogP contribution < -0.4 is 5.73 Å². The maximum atomic E-state index is 13.1. The molecule has 2 rings (SSSR count). The number of nitrogens with zero attached hydrogens (tertiary/aromatic N) is 1. The van der Waals surface area contributed by atoms with E-state index in [0.29, 0.717) is 18.7 Å². The third kappa shape index (κ3) is 3.29. The van der Waals surface area contributed by atoms with Gasteiger partial charge in [-0.2, -0.15) is 0 Å². The summed E-state index contributed by atoms with van der Waals surface area (Å²) in [6, 6.07) is 3.54. The first kappa shape index (κ1) is 13.9. The first-order valence-electron chi connectivity index (χ1n) is 6.34. The number of hydrogen-bond acceptors (Lipinski definition) is 2. The molecule has 1 amide bonds. The molecule has 5 heteroatoms. The number of amides is 1. The Hall–Kier alpha value is -1.49. The molecule has 3 nitrogen and oxygen atoms in total. The minimum atomic E-state index is -0.923. The van der Waals surface area contributed by atoms with Gasteiger partial charge in [0.25, 0.3) is 0 Å². The predicted octanol–water partition coefficient (Wildman–Crippen LogP) is 1.70. The fourth-order valence-corrected chi connectivity index (χ4v) is 2.15. The van der Waals surface area contributed by atoms with Crippen LogP contribution >= 0.6 is 0 Å². The molecular weight excluding hydrogens is 250 g/mol. The van der Waals surface area contributed by atoms with E-state index in [1.165, 1.54) is 6.07 Å². The van der Waals surface area contributed by atoms with Crippen molar-refractivity contribution in [3.05, 3.63) is 35.4 Å². The van der Waals surface area contributed by atoms with Crippen LogP contribution in [0.3, 0.4) is 0 Å². The van der Waals surface area contributed by atoms with Gasteiger partial charge >= 0.3 is 0 Å². The van der Waals surface area contributed by atoms with E-state index in [1.807, 2.05) is 0 Å². The Morgan fingerprint density at radius 2 is 2.05 bits per heavy atom. The topological polar surface area (TPSA) is 46.3 Å². The molecule has 0 heterocycles. The second-order valence-electron chi connectivity index (χ2n) is 5.38. The smallest absolute Gasteiger partial charge is 0.226 e. The van der Waals surface area contributed by atoms with Gasteiger partial charge < -0.3 is 10.6 Å². The summed E-state index contributed by atoms with van der Waals surface area (Å²) in [4.78, 5) is 13.6. The van der Waals surface area contributed by atoms with E-state index >= 15 is 0 Å². The Balaban J connectivity index is 1.94. The monoisotopic (exact) mass is 268 g/mol. The molecule has 0 aliphatic heterocycles. The Morgan fingerprint density at radius 3 is 2.58 bits per heavy atom. The lowest BCUT2D eigenvalue weighted by Crippen LogP contribution is -2.36. The number of halogens is 2. The highest BCUT2D eigenvalue weighted by atomic mass is 19.2. The van der Waals surface area contributed by atoms with Crippen molar-refractivity contribution in [3.8, 4) is 0 Å². The molecule has 1 saturated carbocycles. The van der Waals surface area contributed by atoms with Crippen molar-refractivity contribution in [2.24, 2.45) is 11.1 Å². The van der Waals surface area contributed by atoms with Gasteiger partial charge in [-0.3, -0.25) is 4.79 Å². The van der Waals surface area contributed by atoms with Crippen molar-refractivity contribution in [2.75, 3.05) is 20.1 Å². The lowest BCUT2D eigenvalue weighted by Gasteiger charge is -2.23. The fraction of sp³-hybridized carbons (Fsp3) is 0.500. The molecule has 1 fully saturated rings. The lowest BCUT2D eigenvalue weighted by molar-refractivity contribution is -0.129. The van der Waals surface area contributed by atoms with E-state index in [9.17, 15) is 13.6 Å². The van der Waals surface area contributed by atoms with Crippen LogP contribution in [0, 0.1) is 17.0 Å². The molecule has 0 aromatic heterocycles. The zero-order valence-corrected chi connectivity index (χ0v) is 11.0.